The third-order valence-electron chi connectivity index (χ3n) is 4.00. The summed E-state index contributed by atoms with van der Waals surface area (Å²) in [5.41, 5.74) is 1.34. The fourth-order valence-corrected chi connectivity index (χ4v) is 2.96. The van der Waals surface area contributed by atoms with E-state index in [0.29, 0.717) is 16.6 Å². The lowest BCUT2D eigenvalue weighted by Crippen LogP contribution is -2.40. The van der Waals surface area contributed by atoms with Crippen LogP contribution in [0.3, 0.4) is 0 Å². The number of hydrogen-bond acceptors (Lipinski definition) is 5. The van der Waals surface area contributed by atoms with Gasteiger partial charge in [0.15, 0.2) is 0 Å². The lowest BCUT2D eigenvalue weighted by molar-refractivity contribution is 0.000390. The molecular weight excluding hydrogens is 329 g/mol. The van der Waals surface area contributed by atoms with Crippen LogP contribution in [0.1, 0.15) is 22.8 Å². The van der Waals surface area contributed by atoms with E-state index in [1.54, 1.807) is 43.3 Å². The van der Waals surface area contributed by atoms with Crippen LogP contribution in [0.25, 0.3) is 11.0 Å². The Morgan fingerprint density at radius 3 is 2.75 bits per heavy atom. The van der Waals surface area contributed by atoms with Crippen LogP contribution in [-0.2, 0) is 10.3 Å². The Morgan fingerprint density at radius 2 is 2.00 bits per heavy atom. The van der Waals surface area contributed by atoms with Gasteiger partial charge in [0.25, 0.3) is 5.91 Å². The molecule has 2 aromatic carbocycles. The molecule has 0 radical (unpaired) electrons. The molecule has 5 nitrogen and oxygen atoms in total. The van der Waals surface area contributed by atoms with Gasteiger partial charge in [-0.05, 0) is 31.2 Å². The molecule has 0 spiro atoms. The molecule has 0 bridgehead atoms. The molecule has 3 aromatic rings. The first kappa shape index (κ1) is 16.5. The molecule has 1 aromatic heterocycles. The molecule has 0 aliphatic heterocycles. The van der Waals surface area contributed by atoms with Gasteiger partial charge in [0, 0.05) is 18.2 Å². The zero-order chi connectivity index (χ0) is 17.2. The van der Waals surface area contributed by atoms with Crippen molar-refractivity contribution in [1.82, 2.24) is 14.1 Å². The van der Waals surface area contributed by atoms with Crippen molar-refractivity contribution < 1.29 is 13.9 Å². The molecule has 124 valence electrons. The second kappa shape index (κ2) is 6.62. The fourth-order valence-electron chi connectivity index (χ4n) is 2.44. The Morgan fingerprint density at radius 1 is 1.25 bits per heavy atom. The fraction of sp³-hybridized carbons (Fsp3) is 0.235. The van der Waals surface area contributed by atoms with Crippen molar-refractivity contribution in [2.45, 2.75) is 12.5 Å². The van der Waals surface area contributed by atoms with Crippen LogP contribution in [-0.4, -0.2) is 28.3 Å². The number of amides is 1. The molecule has 0 aliphatic carbocycles. The maximum absolute atomic E-state index is 14.1. The van der Waals surface area contributed by atoms with Crippen LogP contribution in [0.4, 0.5) is 4.39 Å². The SMILES string of the molecule is CO[C@@](C)(CNC(=O)c1ccc2nsnc2c1)c1ccccc1F. The number of ether oxygens (including phenoxy) is 1. The van der Waals surface area contributed by atoms with E-state index in [2.05, 4.69) is 14.1 Å². The summed E-state index contributed by atoms with van der Waals surface area (Å²) in [7, 11) is 1.49. The van der Waals surface area contributed by atoms with Gasteiger partial charge >= 0.3 is 0 Å². The average molecular weight is 345 g/mol. The highest BCUT2D eigenvalue weighted by Gasteiger charge is 2.29. The highest BCUT2D eigenvalue weighted by molar-refractivity contribution is 7.00. The Bertz CT molecular complexity index is 883. The van der Waals surface area contributed by atoms with Crippen molar-refractivity contribution in [3.05, 3.63) is 59.4 Å². The number of nitrogens with zero attached hydrogens (tertiary/aromatic N) is 2. The molecule has 1 atom stereocenters. The van der Waals surface area contributed by atoms with E-state index in [-0.39, 0.29) is 18.3 Å². The topological polar surface area (TPSA) is 64.1 Å². The molecule has 1 N–H and O–H groups in total. The molecular formula is C17H16FN3O2S. The zero-order valence-electron chi connectivity index (χ0n) is 13.2. The number of nitrogens with one attached hydrogen (secondary N) is 1. The van der Waals surface area contributed by atoms with Crippen molar-refractivity contribution >= 4 is 28.7 Å². The van der Waals surface area contributed by atoms with E-state index in [1.165, 1.54) is 13.2 Å². The van der Waals surface area contributed by atoms with Crippen LogP contribution in [0.5, 0.6) is 0 Å². The van der Waals surface area contributed by atoms with Crippen LogP contribution < -0.4 is 5.32 Å². The lowest BCUT2D eigenvalue weighted by Gasteiger charge is -2.29. The molecule has 24 heavy (non-hydrogen) atoms. The lowest BCUT2D eigenvalue weighted by atomic mass is 9.95. The molecule has 0 fully saturated rings. The van der Waals surface area contributed by atoms with E-state index >= 15 is 0 Å². The number of carbonyl (C=O) groups excluding carboxylic acids is 1. The highest BCUT2D eigenvalue weighted by Crippen LogP contribution is 2.26. The third kappa shape index (κ3) is 3.13. The van der Waals surface area contributed by atoms with Gasteiger partial charge in [-0.2, -0.15) is 8.75 Å². The smallest absolute Gasteiger partial charge is 0.251 e. The number of hydrogen-bond donors (Lipinski definition) is 1. The Kier molecular flexibility index (Phi) is 4.55. The second-order valence-corrected chi connectivity index (χ2v) is 6.09. The van der Waals surface area contributed by atoms with Crippen LogP contribution in [0.15, 0.2) is 42.5 Å². The summed E-state index contributed by atoms with van der Waals surface area (Å²) >= 11 is 1.10. The van der Waals surface area contributed by atoms with E-state index in [4.69, 9.17) is 4.74 Å². The van der Waals surface area contributed by atoms with E-state index < -0.39 is 5.60 Å². The zero-order valence-corrected chi connectivity index (χ0v) is 14.1. The monoisotopic (exact) mass is 345 g/mol. The number of carbonyl (C=O) groups is 1. The minimum absolute atomic E-state index is 0.136. The molecule has 0 unspecified atom stereocenters. The molecule has 1 heterocycles. The molecule has 3 rings (SSSR count). The summed E-state index contributed by atoms with van der Waals surface area (Å²) in [4.78, 5) is 12.4. The highest BCUT2D eigenvalue weighted by atomic mass is 32.1. The molecule has 0 aliphatic rings. The van der Waals surface area contributed by atoms with Gasteiger partial charge in [0.2, 0.25) is 0 Å². The van der Waals surface area contributed by atoms with Gasteiger partial charge in [-0.15, -0.1) is 0 Å². The number of aromatic nitrogens is 2. The van der Waals surface area contributed by atoms with Gasteiger partial charge in [-0.3, -0.25) is 4.79 Å². The van der Waals surface area contributed by atoms with Gasteiger partial charge < -0.3 is 10.1 Å². The summed E-state index contributed by atoms with van der Waals surface area (Å²) in [6, 6.07) is 11.5. The van der Waals surface area contributed by atoms with Gasteiger partial charge in [-0.25, -0.2) is 4.39 Å². The van der Waals surface area contributed by atoms with Crippen molar-refractivity contribution in [2.75, 3.05) is 13.7 Å². The van der Waals surface area contributed by atoms with Crippen molar-refractivity contribution in [1.29, 1.82) is 0 Å². The molecule has 1 amide bonds. The van der Waals surface area contributed by atoms with E-state index in [9.17, 15) is 9.18 Å². The quantitative estimate of drug-likeness (QED) is 0.772. The maximum atomic E-state index is 14.1. The summed E-state index contributed by atoms with van der Waals surface area (Å²) < 4.78 is 27.8. The maximum Gasteiger partial charge on any atom is 0.251 e. The predicted molar refractivity (Wildman–Crippen MR) is 90.5 cm³/mol. The van der Waals surface area contributed by atoms with Crippen LogP contribution >= 0.6 is 11.7 Å². The predicted octanol–water partition coefficient (Wildman–Crippen LogP) is 3.12. The number of benzene rings is 2. The summed E-state index contributed by atoms with van der Waals surface area (Å²) in [6.07, 6.45) is 0. The third-order valence-corrected chi connectivity index (χ3v) is 4.55. The van der Waals surface area contributed by atoms with Crippen molar-refractivity contribution in [3.63, 3.8) is 0 Å². The van der Waals surface area contributed by atoms with Crippen molar-refractivity contribution in [2.24, 2.45) is 0 Å². The summed E-state index contributed by atoms with van der Waals surface area (Å²) in [5.74, 6) is -0.643. The van der Waals surface area contributed by atoms with Crippen LogP contribution in [0.2, 0.25) is 0 Å². The van der Waals surface area contributed by atoms with E-state index in [0.717, 1.165) is 17.2 Å². The molecule has 0 saturated carbocycles. The van der Waals surface area contributed by atoms with Gasteiger partial charge in [0.05, 0.1) is 18.3 Å². The number of methoxy groups -OCH3 is 1. The van der Waals surface area contributed by atoms with Crippen LogP contribution in [0, 0.1) is 5.82 Å². The normalized spacial score (nSPS) is 13.6. The first-order valence-electron chi connectivity index (χ1n) is 7.34. The summed E-state index contributed by atoms with van der Waals surface area (Å²) in [6.45, 7) is 1.87. The molecule has 0 saturated heterocycles. The molecule has 7 heteroatoms. The average Bonchev–Trinajstić information content (AvgIpc) is 3.07. The van der Waals surface area contributed by atoms with Gasteiger partial charge in [-0.1, -0.05) is 18.2 Å². The number of halogens is 1. The van der Waals surface area contributed by atoms with E-state index in [1.807, 2.05) is 0 Å². The first-order chi connectivity index (χ1) is 11.5. The number of rotatable bonds is 5. The Labute approximate surface area is 142 Å². The minimum Gasteiger partial charge on any atom is -0.372 e. The van der Waals surface area contributed by atoms with Gasteiger partial charge in [0.1, 0.15) is 22.5 Å². The largest absolute Gasteiger partial charge is 0.372 e. The standard InChI is InChI=1S/C17H16FN3O2S/c1-17(23-2,12-5-3-4-6-13(12)18)10-19-16(22)11-7-8-14-15(9-11)21-24-20-14/h3-9H,10H2,1-2H3,(H,19,22)/t17-/m0/s1. The first-order valence-corrected chi connectivity index (χ1v) is 8.07. The minimum atomic E-state index is -0.965. The Balaban J connectivity index is 1.77. The van der Waals surface area contributed by atoms with Crippen molar-refractivity contribution in [3.8, 4) is 0 Å². The summed E-state index contributed by atoms with van der Waals surface area (Å²) in [5, 5.41) is 2.80. The number of fused-ring (bicyclic) bond motifs is 1. The second-order valence-electron chi connectivity index (χ2n) is 5.57. The Hall–Kier alpha value is -2.38.